The van der Waals surface area contributed by atoms with Crippen molar-refractivity contribution in [2.75, 3.05) is 4.72 Å². The molecular weight excluding hydrogens is 268 g/mol. The van der Waals surface area contributed by atoms with Crippen LogP contribution in [0.1, 0.15) is 17.0 Å². The molecule has 0 atom stereocenters. The maximum Gasteiger partial charge on any atom is 0.277 e. The van der Waals surface area contributed by atoms with E-state index in [4.69, 9.17) is 5.26 Å². The molecule has 19 heavy (non-hydrogen) atoms. The summed E-state index contributed by atoms with van der Waals surface area (Å²) in [5, 5.41) is 12.3. The Morgan fingerprint density at radius 1 is 1.37 bits per heavy atom. The van der Waals surface area contributed by atoms with Crippen LogP contribution in [0.2, 0.25) is 0 Å². The van der Waals surface area contributed by atoms with E-state index in [1.54, 1.807) is 26.0 Å². The van der Waals surface area contributed by atoms with Crippen LogP contribution in [-0.2, 0) is 10.0 Å². The first-order chi connectivity index (χ1) is 8.92. The Labute approximate surface area is 109 Å². The standard InChI is InChI=1S/C11H10N4O3S/c1-7-3-4-9(6-12)5-10(7)19(16,17)15-11-13-8(2)18-14-11/h3-5H,1-2H3,(H,14,15). The van der Waals surface area contributed by atoms with Gasteiger partial charge >= 0.3 is 0 Å². The van der Waals surface area contributed by atoms with E-state index < -0.39 is 10.0 Å². The molecule has 0 amide bonds. The molecule has 7 nitrogen and oxygen atoms in total. The van der Waals surface area contributed by atoms with E-state index in [9.17, 15) is 8.42 Å². The summed E-state index contributed by atoms with van der Waals surface area (Å²) >= 11 is 0. The summed E-state index contributed by atoms with van der Waals surface area (Å²) in [5.41, 5.74) is 0.780. The summed E-state index contributed by atoms with van der Waals surface area (Å²) in [5.74, 6) is 0.111. The second-order valence-corrected chi connectivity index (χ2v) is 5.49. The van der Waals surface area contributed by atoms with E-state index in [-0.39, 0.29) is 22.3 Å². The highest BCUT2D eigenvalue weighted by Gasteiger charge is 2.19. The third kappa shape index (κ3) is 2.71. The Balaban J connectivity index is 2.42. The van der Waals surface area contributed by atoms with Crippen molar-refractivity contribution in [2.24, 2.45) is 0 Å². The second-order valence-electron chi connectivity index (χ2n) is 3.83. The number of nitrogens with zero attached hydrogens (tertiary/aromatic N) is 3. The molecule has 1 aromatic heterocycles. The van der Waals surface area contributed by atoms with Crippen LogP contribution in [-0.4, -0.2) is 18.6 Å². The Hall–Kier alpha value is -2.40. The first kappa shape index (κ1) is 13.0. The third-order valence-corrected chi connectivity index (χ3v) is 3.83. The number of benzene rings is 1. The van der Waals surface area contributed by atoms with Crippen LogP contribution in [0.3, 0.4) is 0 Å². The minimum atomic E-state index is -3.85. The number of aryl methyl sites for hydroxylation is 2. The van der Waals surface area contributed by atoms with E-state index >= 15 is 0 Å². The average molecular weight is 278 g/mol. The van der Waals surface area contributed by atoms with Crippen LogP contribution < -0.4 is 4.72 Å². The lowest BCUT2D eigenvalue weighted by atomic mass is 10.2. The molecule has 8 heteroatoms. The molecular formula is C11H10N4O3S. The molecule has 0 aliphatic carbocycles. The van der Waals surface area contributed by atoms with Gasteiger partial charge in [0.05, 0.1) is 16.5 Å². The summed E-state index contributed by atoms with van der Waals surface area (Å²) in [4.78, 5) is 3.77. The predicted octanol–water partition coefficient (Wildman–Crippen LogP) is 1.36. The molecule has 0 saturated heterocycles. The lowest BCUT2D eigenvalue weighted by Gasteiger charge is -2.07. The van der Waals surface area contributed by atoms with Gasteiger partial charge in [0.25, 0.3) is 16.0 Å². The fourth-order valence-corrected chi connectivity index (χ4v) is 2.68. The van der Waals surface area contributed by atoms with Gasteiger partial charge in [-0.3, -0.25) is 0 Å². The van der Waals surface area contributed by atoms with Crippen molar-refractivity contribution in [3.63, 3.8) is 0 Å². The van der Waals surface area contributed by atoms with E-state index in [0.29, 0.717) is 5.56 Å². The first-order valence-corrected chi connectivity index (χ1v) is 6.74. The molecule has 1 N–H and O–H groups in total. The Bertz CT molecular complexity index is 758. The fraction of sp³-hybridized carbons (Fsp3) is 0.182. The van der Waals surface area contributed by atoms with Gasteiger partial charge in [0.15, 0.2) is 0 Å². The number of sulfonamides is 1. The molecule has 0 bridgehead atoms. The molecule has 0 radical (unpaired) electrons. The van der Waals surface area contributed by atoms with Crippen molar-refractivity contribution >= 4 is 16.0 Å². The minimum absolute atomic E-state index is 0.00834. The van der Waals surface area contributed by atoms with Gasteiger partial charge in [-0.15, -0.1) is 0 Å². The second kappa shape index (κ2) is 4.70. The summed E-state index contributed by atoms with van der Waals surface area (Å²) in [6.07, 6.45) is 0. The van der Waals surface area contributed by atoms with Crippen LogP contribution in [0.25, 0.3) is 0 Å². The monoisotopic (exact) mass is 278 g/mol. The van der Waals surface area contributed by atoms with Gasteiger partial charge in [0.1, 0.15) is 0 Å². The Morgan fingerprint density at radius 2 is 2.11 bits per heavy atom. The number of nitrogens with one attached hydrogen (secondary N) is 1. The highest BCUT2D eigenvalue weighted by Crippen LogP contribution is 2.19. The van der Waals surface area contributed by atoms with Gasteiger partial charge in [-0.25, -0.2) is 13.1 Å². The van der Waals surface area contributed by atoms with Gasteiger partial charge in [0, 0.05) is 6.92 Å². The number of rotatable bonds is 3. The van der Waals surface area contributed by atoms with Crippen molar-refractivity contribution in [1.82, 2.24) is 10.1 Å². The normalized spacial score (nSPS) is 11.0. The zero-order valence-corrected chi connectivity index (χ0v) is 11.0. The van der Waals surface area contributed by atoms with Crippen LogP contribution in [0.15, 0.2) is 27.6 Å². The van der Waals surface area contributed by atoms with Crippen molar-refractivity contribution in [2.45, 2.75) is 18.7 Å². The van der Waals surface area contributed by atoms with E-state index in [2.05, 4.69) is 19.4 Å². The summed E-state index contributed by atoms with van der Waals surface area (Å²) in [7, 11) is -3.85. The lowest BCUT2D eigenvalue weighted by molar-refractivity contribution is 0.395. The van der Waals surface area contributed by atoms with E-state index in [1.807, 2.05) is 6.07 Å². The van der Waals surface area contributed by atoms with Gasteiger partial charge in [-0.1, -0.05) is 6.07 Å². The number of anilines is 1. The van der Waals surface area contributed by atoms with Crippen LogP contribution in [0, 0.1) is 25.2 Å². The lowest BCUT2D eigenvalue weighted by Crippen LogP contribution is -2.15. The number of nitriles is 1. The SMILES string of the molecule is Cc1nc(NS(=O)(=O)c2cc(C#N)ccc2C)no1. The Kier molecular flexibility index (Phi) is 3.23. The highest BCUT2D eigenvalue weighted by atomic mass is 32.2. The summed E-state index contributed by atoms with van der Waals surface area (Å²) in [6.45, 7) is 3.18. The molecule has 1 aromatic carbocycles. The summed E-state index contributed by atoms with van der Waals surface area (Å²) < 4.78 is 31.2. The smallest absolute Gasteiger partial charge is 0.277 e. The quantitative estimate of drug-likeness (QED) is 0.907. The van der Waals surface area contributed by atoms with E-state index in [0.717, 1.165) is 0 Å². The Morgan fingerprint density at radius 3 is 2.68 bits per heavy atom. The maximum absolute atomic E-state index is 12.2. The van der Waals surface area contributed by atoms with Crippen LogP contribution >= 0.6 is 0 Å². The fourth-order valence-electron chi connectivity index (χ4n) is 1.48. The molecule has 98 valence electrons. The number of hydrogen-bond donors (Lipinski definition) is 1. The molecule has 0 aliphatic rings. The van der Waals surface area contributed by atoms with Crippen molar-refractivity contribution in [1.29, 1.82) is 5.26 Å². The maximum atomic E-state index is 12.2. The first-order valence-electron chi connectivity index (χ1n) is 5.26. The van der Waals surface area contributed by atoms with Crippen molar-refractivity contribution in [3.8, 4) is 6.07 Å². The zero-order chi connectivity index (χ0) is 14.0. The third-order valence-electron chi connectivity index (χ3n) is 2.36. The molecule has 0 aliphatic heterocycles. The predicted molar refractivity (Wildman–Crippen MR) is 65.7 cm³/mol. The molecule has 0 spiro atoms. The number of aromatic nitrogens is 2. The molecule has 2 rings (SSSR count). The summed E-state index contributed by atoms with van der Waals surface area (Å²) in [6, 6.07) is 6.30. The van der Waals surface area contributed by atoms with Gasteiger partial charge in [-0.2, -0.15) is 10.2 Å². The molecule has 0 fully saturated rings. The average Bonchev–Trinajstić information content (AvgIpc) is 2.74. The van der Waals surface area contributed by atoms with Crippen LogP contribution in [0.4, 0.5) is 5.95 Å². The minimum Gasteiger partial charge on any atom is -0.338 e. The molecule has 0 saturated carbocycles. The topological polar surface area (TPSA) is 109 Å². The molecule has 2 aromatic rings. The van der Waals surface area contributed by atoms with Crippen LogP contribution in [0.5, 0.6) is 0 Å². The number of hydrogen-bond acceptors (Lipinski definition) is 6. The largest absolute Gasteiger partial charge is 0.338 e. The molecule has 0 unspecified atom stereocenters. The van der Waals surface area contributed by atoms with Gasteiger partial charge in [-0.05, 0) is 29.8 Å². The zero-order valence-electron chi connectivity index (χ0n) is 10.2. The highest BCUT2D eigenvalue weighted by molar-refractivity contribution is 7.92. The van der Waals surface area contributed by atoms with Gasteiger partial charge < -0.3 is 4.52 Å². The van der Waals surface area contributed by atoms with Gasteiger partial charge in [0.2, 0.25) is 5.89 Å². The molecule has 1 heterocycles. The van der Waals surface area contributed by atoms with E-state index in [1.165, 1.54) is 6.07 Å². The van der Waals surface area contributed by atoms with Crippen molar-refractivity contribution < 1.29 is 12.9 Å². The van der Waals surface area contributed by atoms with Crippen molar-refractivity contribution in [3.05, 3.63) is 35.2 Å².